The molecule has 0 aliphatic carbocycles. The van der Waals surface area contributed by atoms with Gasteiger partial charge < -0.3 is 28.9 Å². The first-order valence-corrected chi connectivity index (χ1v) is 14.3. The van der Waals surface area contributed by atoms with Gasteiger partial charge in [0.25, 0.3) is 11.8 Å². The molecule has 0 atom stereocenters. The van der Waals surface area contributed by atoms with E-state index in [2.05, 4.69) is 0 Å². The van der Waals surface area contributed by atoms with Crippen molar-refractivity contribution in [2.75, 3.05) is 51.3 Å². The van der Waals surface area contributed by atoms with E-state index in [1.807, 2.05) is 45.0 Å². The van der Waals surface area contributed by atoms with Crippen molar-refractivity contribution in [3.63, 3.8) is 0 Å². The molecule has 42 heavy (non-hydrogen) atoms. The summed E-state index contributed by atoms with van der Waals surface area (Å²) in [4.78, 5) is 58.5. The first-order valence-electron chi connectivity index (χ1n) is 14.3. The second kappa shape index (κ2) is 11.9. The molecule has 2 fully saturated rings. The number of anilines is 1. The summed E-state index contributed by atoms with van der Waals surface area (Å²) < 4.78 is 16.4. The molecule has 224 valence electrons. The summed E-state index contributed by atoms with van der Waals surface area (Å²) in [5.41, 5.74) is 2.05. The Hall–Kier alpha value is -4.28. The maximum atomic E-state index is 13.5. The maximum absolute atomic E-state index is 13.5. The Morgan fingerprint density at radius 2 is 1.50 bits per heavy atom. The van der Waals surface area contributed by atoms with Crippen LogP contribution < -0.4 is 9.64 Å². The number of piperazine rings is 1. The van der Waals surface area contributed by atoms with Crippen LogP contribution in [0.4, 0.5) is 15.3 Å². The molecule has 0 aromatic heterocycles. The molecule has 11 nitrogen and oxygen atoms in total. The van der Waals surface area contributed by atoms with E-state index in [1.165, 1.54) is 7.11 Å². The number of likely N-dealkylation sites (tertiary alicyclic amines) is 1. The third-order valence-corrected chi connectivity index (χ3v) is 7.81. The number of hydrogen-bond acceptors (Lipinski definition) is 7. The third kappa shape index (κ3) is 6.14. The van der Waals surface area contributed by atoms with Crippen molar-refractivity contribution in [1.82, 2.24) is 14.7 Å². The number of methoxy groups -OCH3 is 1. The summed E-state index contributed by atoms with van der Waals surface area (Å²) in [7, 11) is 1.48. The van der Waals surface area contributed by atoms with Crippen LogP contribution in [0.3, 0.4) is 0 Å². The van der Waals surface area contributed by atoms with Crippen molar-refractivity contribution in [1.29, 1.82) is 0 Å². The number of piperidine rings is 1. The number of fused-ring (bicyclic) bond motifs is 1. The molecule has 0 N–H and O–H groups in total. The number of carbonyl (C=O) groups is 4. The highest BCUT2D eigenvalue weighted by atomic mass is 16.6. The first-order chi connectivity index (χ1) is 20.1. The zero-order valence-corrected chi connectivity index (χ0v) is 24.6. The van der Waals surface area contributed by atoms with E-state index in [9.17, 15) is 19.2 Å². The van der Waals surface area contributed by atoms with Gasteiger partial charge in [0.1, 0.15) is 18.0 Å². The van der Waals surface area contributed by atoms with Gasteiger partial charge in [0.05, 0.1) is 18.4 Å². The Labute approximate surface area is 245 Å². The molecule has 0 saturated carbocycles. The highest BCUT2D eigenvalue weighted by Gasteiger charge is 2.36. The van der Waals surface area contributed by atoms with Gasteiger partial charge in [-0.15, -0.1) is 0 Å². The van der Waals surface area contributed by atoms with Crippen LogP contribution in [0, 0.1) is 0 Å². The molecule has 3 aliphatic rings. The predicted octanol–water partition coefficient (Wildman–Crippen LogP) is 4.15. The van der Waals surface area contributed by atoms with Crippen molar-refractivity contribution < 1.29 is 33.4 Å². The van der Waals surface area contributed by atoms with Gasteiger partial charge in [0.15, 0.2) is 0 Å². The van der Waals surface area contributed by atoms with Crippen LogP contribution in [0.5, 0.6) is 5.75 Å². The van der Waals surface area contributed by atoms with E-state index in [0.29, 0.717) is 69.0 Å². The van der Waals surface area contributed by atoms with Gasteiger partial charge in [-0.1, -0.05) is 18.2 Å². The van der Waals surface area contributed by atoms with Crippen molar-refractivity contribution in [3.8, 4) is 5.75 Å². The van der Waals surface area contributed by atoms with Crippen LogP contribution in [0.25, 0.3) is 0 Å². The molecule has 0 radical (unpaired) electrons. The van der Waals surface area contributed by atoms with Gasteiger partial charge in [0, 0.05) is 56.4 Å². The van der Waals surface area contributed by atoms with E-state index in [0.717, 1.165) is 11.3 Å². The number of benzene rings is 2. The molecular formula is C31H38N4O7. The van der Waals surface area contributed by atoms with Gasteiger partial charge in [-0.3, -0.25) is 14.5 Å². The first kappa shape index (κ1) is 29.2. The minimum atomic E-state index is -0.580. The molecule has 0 spiro atoms. The monoisotopic (exact) mass is 578 g/mol. The number of para-hydroxylation sites is 1. The number of carbonyl (C=O) groups excluding carboxylic acids is 4. The van der Waals surface area contributed by atoms with Gasteiger partial charge >= 0.3 is 12.2 Å². The third-order valence-electron chi connectivity index (χ3n) is 7.81. The van der Waals surface area contributed by atoms with Crippen LogP contribution >= 0.6 is 0 Å². The highest BCUT2D eigenvalue weighted by Crippen LogP contribution is 2.32. The van der Waals surface area contributed by atoms with Gasteiger partial charge in [-0.2, -0.15) is 0 Å². The molecule has 5 rings (SSSR count). The lowest BCUT2D eigenvalue weighted by Gasteiger charge is -2.40. The van der Waals surface area contributed by atoms with Gasteiger partial charge in [-0.25, -0.2) is 9.59 Å². The summed E-state index contributed by atoms with van der Waals surface area (Å²) >= 11 is 0. The second-order valence-corrected chi connectivity index (χ2v) is 11.8. The van der Waals surface area contributed by atoms with E-state index in [1.54, 1.807) is 37.8 Å². The minimum absolute atomic E-state index is 0.0688. The average Bonchev–Trinajstić information content (AvgIpc) is 2.99. The normalized spacial score (nSPS) is 17.9. The summed E-state index contributed by atoms with van der Waals surface area (Å²) in [6.45, 7) is 8.20. The van der Waals surface area contributed by atoms with Crippen LogP contribution in [0.15, 0.2) is 42.5 Å². The maximum Gasteiger partial charge on any atom is 0.414 e. The van der Waals surface area contributed by atoms with E-state index in [-0.39, 0.29) is 36.6 Å². The van der Waals surface area contributed by atoms with Crippen LogP contribution in [0.1, 0.15) is 59.9 Å². The predicted molar refractivity (Wildman–Crippen MR) is 155 cm³/mol. The number of hydrogen-bond donors (Lipinski definition) is 0. The molecule has 2 saturated heterocycles. The quantitative estimate of drug-likeness (QED) is 0.536. The highest BCUT2D eigenvalue weighted by molar-refractivity contribution is 6.00. The SMILES string of the molecule is COc1cc(C(=O)N2CCN(C(=O)OC(C)(C)C)CC2)ccc1C(=O)N1CCC(N2C(=O)OCc3ccccc32)CC1. The standard InChI is InChI=1S/C31H38N4O7/c1-31(2,3)42-29(38)34-17-15-33(16-18-34)27(36)21-9-10-24(26(19-21)40-4)28(37)32-13-11-23(12-14-32)35-25-8-6-5-7-22(25)20-41-30(35)39/h5-10,19,23H,11-18,20H2,1-4H3. The molecule has 3 heterocycles. The molecule has 0 bridgehead atoms. The van der Waals surface area contributed by atoms with Crippen molar-refractivity contribution in [2.45, 2.75) is 51.9 Å². The Morgan fingerprint density at radius 1 is 0.857 bits per heavy atom. The zero-order chi connectivity index (χ0) is 30.0. The van der Waals surface area contributed by atoms with Gasteiger partial charge in [-0.05, 0) is 57.9 Å². The fourth-order valence-corrected chi connectivity index (χ4v) is 5.62. The lowest BCUT2D eigenvalue weighted by molar-refractivity contribution is 0.0141. The van der Waals surface area contributed by atoms with E-state index < -0.39 is 5.60 Å². The fourth-order valence-electron chi connectivity index (χ4n) is 5.62. The van der Waals surface area contributed by atoms with Crippen LogP contribution in [-0.4, -0.2) is 96.7 Å². The smallest absolute Gasteiger partial charge is 0.414 e. The molecule has 4 amide bonds. The number of amides is 4. The van der Waals surface area contributed by atoms with E-state index in [4.69, 9.17) is 14.2 Å². The topological polar surface area (TPSA) is 109 Å². The molecule has 0 unspecified atom stereocenters. The number of nitrogens with zero attached hydrogens (tertiary/aromatic N) is 4. The Balaban J connectivity index is 1.20. The lowest BCUT2D eigenvalue weighted by atomic mass is 9.99. The molecule has 2 aromatic carbocycles. The number of cyclic esters (lactones) is 1. The Kier molecular flexibility index (Phi) is 8.29. The summed E-state index contributed by atoms with van der Waals surface area (Å²) in [5, 5.41) is 0. The molecule has 11 heteroatoms. The Morgan fingerprint density at radius 3 is 2.17 bits per heavy atom. The fraction of sp³-hybridized carbons (Fsp3) is 0.484. The largest absolute Gasteiger partial charge is 0.496 e. The van der Waals surface area contributed by atoms with E-state index >= 15 is 0 Å². The second-order valence-electron chi connectivity index (χ2n) is 11.8. The molecular weight excluding hydrogens is 540 g/mol. The summed E-state index contributed by atoms with van der Waals surface area (Å²) in [6.07, 6.45) is 0.489. The Bertz CT molecular complexity index is 1360. The lowest BCUT2D eigenvalue weighted by Crippen LogP contribution is -2.51. The van der Waals surface area contributed by atoms with Crippen molar-refractivity contribution in [2.24, 2.45) is 0 Å². The van der Waals surface area contributed by atoms with Gasteiger partial charge in [0.2, 0.25) is 0 Å². The number of rotatable bonds is 4. The van der Waals surface area contributed by atoms with Crippen LogP contribution in [0.2, 0.25) is 0 Å². The molecule has 3 aliphatic heterocycles. The summed E-state index contributed by atoms with van der Waals surface area (Å²) in [5.74, 6) is -0.0450. The number of ether oxygens (including phenoxy) is 3. The van der Waals surface area contributed by atoms with Crippen molar-refractivity contribution >= 4 is 29.7 Å². The minimum Gasteiger partial charge on any atom is -0.496 e. The average molecular weight is 579 g/mol. The zero-order valence-electron chi connectivity index (χ0n) is 24.6. The van der Waals surface area contributed by atoms with Crippen molar-refractivity contribution in [3.05, 3.63) is 59.2 Å². The molecule has 2 aromatic rings. The van der Waals surface area contributed by atoms with Crippen LogP contribution in [-0.2, 0) is 16.1 Å². The summed E-state index contributed by atoms with van der Waals surface area (Å²) in [6, 6.07) is 12.5.